The molecule has 0 amide bonds. The van der Waals surface area contributed by atoms with E-state index in [4.69, 9.17) is 9.15 Å². The lowest BCUT2D eigenvalue weighted by molar-refractivity contribution is -0.143. The van der Waals surface area contributed by atoms with E-state index in [-0.39, 0.29) is 11.7 Å². The highest BCUT2D eigenvalue weighted by atomic mass is 19.1. The maximum atomic E-state index is 12.9. The number of esters is 1. The van der Waals surface area contributed by atoms with Gasteiger partial charge in [0, 0.05) is 11.6 Å². The molecule has 0 radical (unpaired) electrons. The number of hydrogen-bond donors (Lipinski definition) is 0. The van der Waals surface area contributed by atoms with Crippen LogP contribution in [0.4, 0.5) is 4.39 Å². The number of hydrogen-bond acceptors (Lipinski definition) is 5. The Morgan fingerprint density at radius 3 is 2.50 bits per heavy atom. The number of rotatable bonds is 5. The monoisotopic (exact) mass is 352 g/mol. The number of aromatic nitrogens is 2. The molecule has 0 bridgehead atoms. The number of carbonyl (C=O) groups excluding carboxylic acids is 1. The van der Waals surface area contributed by atoms with Crippen molar-refractivity contribution in [2.24, 2.45) is 0 Å². The van der Waals surface area contributed by atoms with Crippen LogP contribution >= 0.6 is 0 Å². The third-order valence-electron chi connectivity index (χ3n) is 3.66. The van der Waals surface area contributed by atoms with Gasteiger partial charge in [-0.05, 0) is 49.8 Å². The maximum absolute atomic E-state index is 12.9. The Morgan fingerprint density at radius 2 is 1.81 bits per heavy atom. The van der Waals surface area contributed by atoms with Gasteiger partial charge in [-0.2, -0.15) is 0 Å². The van der Waals surface area contributed by atoms with Gasteiger partial charge in [0.05, 0.1) is 0 Å². The summed E-state index contributed by atoms with van der Waals surface area (Å²) in [6.07, 6.45) is 2.12. The van der Waals surface area contributed by atoms with E-state index in [1.807, 2.05) is 31.2 Å². The highest BCUT2D eigenvalue weighted by Gasteiger charge is 2.18. The molecule has 2 aromatic carbocycles. The van der Waals surface area contributed by atoms with Crippen molar-refractivity contribution in [2.75, 3.05) is 0 Å². The highest BCUT2D eigenvalue weighted by Crippen LogP contribution is 2.22. The molecular weight excluding hydrogens is 335 g/mol. The van der Waals surface area contributed by atoms with E-state index in [0.29, 0.717) is 11.5 Å². The van der Waals surface area contributed by atoms with Crippen molar-refractivity contribution >= 4 is 12.0 Å². The summed E-state index contributed by atoms with van der Waals surface area (Å²) in [5, 5.41) is 7.92. The van der Waals surface area contributed by atoms with Crippen LogP contribution in [0, 0.1) is 12.7 Å². The summed E-state index contributed by atoms with van der Waals surface area (Å²) in [4.78, 5) is 11.9. The molecule has 3 rings (SSSR count). The zero-order chi connectivity index (χ0) is 18.5. The van der Waals surface area contributed by atoms with E-state index in [1.165, 1.54) is 18.2 Å². The summed E-state index contributed by atoms with van der Waals surface area (Å²) in [5.41, 5.74) is 2.61. The fourth-order valence-corrected chi connectivity index (χ4v) is 2.21. The number of aryl methyl sites for hydroxylation is 1. The Morgan fingerprint density at radius 1 is 1.12 bits per heavy atom. The van der Waals surface area contributed by atoms with Gasteiger partial charge >= 0.3 is 5.97 Å². The van der Waals surface area contributed by atoms with Gasteiger partial charge in [0.2, 0.25) is 5.89 Å². The van der Waals surface area contributed by atoms with Crippen LogP contribution in [0.3, 0.4) is 0 Å². The van der Waals surface area contributed by atoms with Crippen LogP contribution < -0.4 is 0 Å². The molecule has 0 fully saturated rings. The third kappa shape index (κ3) is 4.42. The predicted octanol–water partition coefficient (Wildman–Crippen LogP) is 4.50. The van der Waals surface area contributed by atoms with Gasteiger partial charge in [0.15, 0.2) is 6.10 Å². The molecule has 5 nitrogen and oxygen atoms in total. The molecule has 1 atom stereocenters. The summed E-state index contributed by atoms with van der Waals surface area (Å²) in [5.74, 6) is -0.315. The SMILES string of the molecule is Cc1ccc(-c2nnc([C@@H](C)OC(=O)/C=C/c3ccc(F)cc3)o2)cc1. The van der Waals surface area contributed by atoms with Gasteiger partial charge in [0.1, 0.15) is 5.82 Å². The van der Waals surface area contributed by atoms with E-state index in [1.54, 1.807) is 25.1 Å². The second kappa shape index (κ2) is 7.74. The minimum atomic E-state index is -0.688. The van der Waals surface area contributed by atoms with Crippen LogP contribution in [-0.2, 0) is 9.53 Å². The molecule has 132 valence electrons. The number of benzene rings is 2. The average Bonchev–Trinajstić information content (AvgIpc) is 3.12. The van der Waals surface area contributed by atoms with E-state index >= 15 is 0 Å². The lowest BCUT2D eigenvalue weighted by Gasteiger charge is -2.06. The summed E-state index contributed by atoms with van der Waals surface area (Å²) < 4.78 is 23.7. The molecule has 0 saturated carbocycles. The standard InChI is InChI=1S/C20H17FN2O3/c1-13-3-8-16(9-4-13)20-23-22-19(26-20)14(2)25-18(24)12-7-15-5-10-17(21)11-6-15/h3-12,14H,1-2H3/b12-7+/t14-/m1/s1. The van der Waals surface area contributed by atoms with Crippen LogP contribution in [0.25, 0.3) is 17.5 Å². The minimum Gasteiger partial charge on any atom is -0.449 e. The first-order valence-electron chi connectivity index (χ1n) is 8.06. The Bertz CT molecular complexity index is 915. The first kappa shape index (κ1) is 17.5. The summed E-state index contributed by atoms with van der Waals surface area (Å²) >= 11 is 0. The van der Waals surface area contributed by atoms with Crippen LogP contribution in [0.1, 0.15) is 30.0 Å². The second-order valence-electron chi connectivity index (χ2n) is 5.78. The number of halogens is 1. The molecule has 6 heteroatoms. The quantitative estimate of drug-likeness (QED) is 0.500. The minimum absolute atomic E-state index is 0.212. The van der Waals surface area contributed by atoms with Gasteiger partial charge < -0.3 is 9.15 Å². The van der Waals surface area contributed by atoms with Crippen molar-refractivity contribution in [3.8, 4) is 11.5 Å². The lowest BCUT2D eigenvalue weighted by Crippen LogP contribution is -2.06. The molecule has 1 heterocycles. The van der Waals surface area contributed by atoms with Crippen molar-refractivity contribution in [3.63, 3.8) is 0 Å². The van der Waals surface area contributed by atoms with Crippen molar-refractivity contribution in [1.82, 2.24) is 10.2 Å². The van der Waals surface area contributed by atoms with Gasteiger partial charge in [-0.1, -0.05) is 29.8 Å². The molecule has 0 aliphatic rings. The fraction of sp³-hybridized carbons (Fsp3) is 0.150. The molecule has 0 unspecified atom stereocenters. The molecule has 0 aliphatic carbocycles. The molecule has 0 saturated heterocycles. The Labute approximate surface area is 150 Å². The van der Waals surface area contributed by atoms with Crippen molar-refractivity contribution in [3.05, 3.63) is 77.4 Å². The first-order chi connectivity index (χ1) is 12.5. The molecule has 3 aromatic rings. The van der Waals surface area contributed by atoms with Crippen LogP contribution in [0.5, 0.6) is 0 Å². The Hall–Kier alpha value is -3.28. The van der Waals surface area contributed by atoms with Gasteiger partial charge in [-0.25, -0.2) is 9.18 Å². The predicted molar refractivity (Wildman–Crippen MR) is 94.4 cm³/mol. The third-order valence-corrected chi connectivity index (χ3v) is 3.66. The maximum Gasteiger partial charge on any atom is 0.331 e. The number of nitrogens with zero attached hydrogens (tertiary/aromatic N) is 2. The molecule has 1 aromatic heterocycles. The second-order valence-corrected chi connectivity index (χ2v) is 5.78. The highest BCUT2D eigenvalue weighted by molar-refractivity contribution is 5.87. The Balaban J connectivity index is 1.62. The van der Waals surface area contributed by atoms with E-state index < -0.39 is 12.1 Å². The topological polar surface area (TPSA) is 65.2 Å². The number of ether oxygens (including phenoxy) is 1. The smallest absolute Gasteiger partial charge is 0.331 e. The largest absolute Gasteiger partial charge is 0.449 e. The molecular formula is C20H17FN2O3. The summed E-state index contributed by atoms with van der Waals surface area (Å²) in [7, 11) is 0. The fourth-order valence-electron chi connectivity index (χ4n) is 2.21. The Kier molecular flexibility index (Phi) is 5.22. The van der Waals surface area contributed by atoms with Crippen molar-refractivity contribution in [1.29, 1.82) is 0 Å². The molecule has 26 heavy (non-hydrogen) atoms. The molecule has 0 aliphatic heterocycles. The summed E-state index contributed by atoms with van der Waals surface area (Å²) in [6, 6.07) is 13.4. The van der Waals surface area contributed by atoms with Gasteiger partial charge in [0.25, 0.3) is 5.89 Å². The van der Waals surface area contributed by atoms with Crippen LogP contribution in [-0.4, -0.2) is 16.2 Å². The molecule has 0 N–H and O–H groups in total. The first-order valence-corrected chi connectivity index (χ1v) is 8.06. The average molecular weight is 352 g/mol. The van der Waals surface area contributed by atoms with Crippen molar-refractivity contribution < 1.29 is 18.3 Å². The normalized spacial score (nSPS) is 12.3. The van der Waals surface area contributed by atoms with Crippen LogP contribution in [0.2, 0.25) is 0 Å². The zero-order valence-corrected chi connectivity index (χ0v) is 14.3. The van der Waals surface area contributed by atoms with E-state index in [9.17, 15) is 9.18 Å². The van der Waals surface area contributed by atoms with Crippen molar-refractivity contribution in [2.45, 2.75) is 20.0 Å². The number of carbonyl (C=O) groups is 1. The summed E-state index contributed by atoms with van der Waals surface area (Å²) in [6.45, 7) is 3.64. The molecule has 0 spiro atoms. The zero-order valence-electron chi connectivity index (χ0n) is 14.3. The van der Waals surface area contributed by atoms with Crippen LogP contribution in [0.15, 0.2) is 59.0 Å². The van der Waals surface area contributed by atoms with E-state index in [2.05, 4.69) is 10.2 Å². The van der Waals surface area contributed by atoms with E-state index in [0.717, 1.165) is 11.1 Å². The van der Waals surface area contributed by atoms with Gasteiger partial charge in [-0.3, -0.25) is 0 Å². The lowest BCUT2D eigenvalue weighted by atomic mass is 10.1. The van der Waals surface area contributed by atoms with Gasteiger partial charge in [-0.15, -0.1) is 10.2 Å².